The van der Waals surface area contributed by atoms with Crippen LogP contribution in [0.4, 0.5) is 0 Å². The van der Waals surface area contributed by atoms with Crippen LogP contribution in [0.2, 0.25) is 0 Å². The zero-order chi connectivity index (χ0) is 18.8. The summed E-state index contributed by atoms with van der Waals surface area (Å²) >= 11 is 0. The quantitative estimate of drug-likeness (QED) is 0.776. The van der Waals surface area contributed by atoms with E-state index in [4.69, 9.17) is 5.73 Å². The summed E-state index contributed by atoms with van der Waals surface area (Å²) in [5.41, 5.74) is 6.12. The van der Waals surface area contributed by atoms with Crippen molar-refractivity contribution < 1.29 is 14.7 Å². The molecule has 1 aromatic heterocycles. The molecule has 4 bridgehead atoms. The van der Waals surface area contributed by atoms with Crippen molar-refractivity contribution in [2.24, 2.45) is 28.9 Å². The lowest BCUT2D eigenvalue weighted by Crippen LogP contribution is -2.62. The van der Waals surface area contributed by atoms with Gasteiger partial charge in [0.05, 0.1) is 0 Å². The molecule has 0 spiro atoms. The molecule has 1 aromatic carbocycles. The second-order valence-corrected chi connectivity index (χ2v) is 8.66. The highest BCUT2D eigenvalue weighted by Gasteiger charge is 2.58. The number of hydrogen-bond donors (Lipinski definition) is 3. The summed E-state index contributed by atoms with van der Waals surface area (Å²) in [4.78, 5) is 29.3. The summed E-state index contributed by atoms with van der Waals surface area (Å²) in [6.07, 6.45) is 4.60. The number of nitrogens with one attached hydrogen (secondary N) is 1. The maximum absolute atomic E-state index is 12.9. The van der Waals surface area contributed by atoms with Gasteiger partial charge in [0.25, 0.3) is 5.91 Å². The molecule has 27 heavy (non-hydrogen) atoms. The standard InChI is InChI=1S/C21H23N3O3/c22-20(27)21-8-11-6-13(9-21)17(14(7-11)10-21)24-19(26)15-5-4-12-2-1-3-16(25)18(12)23-15/h1-5,11,13-14,17,25H,6-10H2,(H2,22,27)(H,24,26). The Bertz CT molecular complexity index is 941. The van der Waals surface area contributed by atoms with E-state index in [-0.39, 0.29) is 29.0 Å². The molecular formula is C21H23N3O3. The largest absolute Gasteiger partial charge is 0.506 e. The van der Waals surface area contributed by atoms with Gasteiger partial charge in [-0.2, -0.15) is 0 Å². The number of hydrogen-bond acceptors (Lipinski definition) is 4. The van der Waals surface area contributed by atoms with Gasteiger partial charge >= 0.3 is 0 Å². The van der Waals surface area contributed by atoms with Crippen LogP contribution < -0.4 is 11.1 Å². The van der Waals surface area contributed by atoms with Crippen LogP contribution in [0.15, 0.2) is 30.3 Å². The third-order valence-electron chi connectivity index (χ3n) is 7.03. The number of benzene rings is 1. The van der Waals surface area contributed by atoms with Gasteiger partial charge in [-0.1, -0.05) is 18.2 Å². The van der Waals surface area contributed by atoms with Crippen molar-refractivity contribution in [2.45, 2.75) is 38.1 Å². The SMILES string of the molecule is NC(=O)C12CC3CC(C1)C(NC(=O)c1ccc4cccc(O)c4n1)C(C3)C2. The van der Waals surface area contributed by atoms with Crippen LogP contribution >= 0.6 is 0 Å². The molecule has 1 heterocycles. The lowest BCUT2D eigenvalue weighted by Gasteiger charge is -2.58. The number of aromatic hydroxyl groups is 1. The number of para-hydroxylation sites is 1. The molecule has 6 rings (SSSR count). The number of phenolic OH excluding ortho intramolecular Hbond substituents is 1. The fourth-order valence-electron chi connectivity index (χ4n) is 6.04. The van der Waals surface area contributed by atoms with Crippen molar-refractivity contribution in [3.8, 4) is 5.75 Å². The summed E-state index contributed by atoms with van der Waals surface area (Å²) in [5.74, 6) is 0.853. The lowest BCUT2D eigenvalue weighted by atomic mass is 9.47. The molecule has 0 aliphatic heterocycles. The van der Waals surface area contributed by atoms with Gasteiger partial charge in [0, 0.05) is 16.8 Å². The van der Waals surface area contributed by atoms with E-state index in [2.05, 4.69) is 10.3 Å². The van der Waals surface area contributed by atoms with Gasteiger partial charge in [-0.25, -0.2) is 4.98 Å². The van der Waals surface area contributed by atoms with Crippen LogP contribution in [0, 0.1) is 23.2 Å². The Balaban J connectivity index is 1.39. The number of fused-ring (bicyclic) bond motifs is 1. The Labute approximate surface area is 157 Å². The summed E-state index contributed by atoms with van der Waals surface area (Å²) in [6.45, 7) is 0. The first-order valence-corrected chi connectivity index (χ1v) is 9.65. The van der Waals surface area contributed by atoms with Crippen LogP contribution in [-0.2, 0) is 4.79 Å². The van der Waals surface area contributed by atoms with E-state index in [1.807, 2.05) is 6.07 Å². The van der Waals surface area contributed by atoms with Crippen molar-refractivity contribution >= 4 is 22.7 Å². The number of nitrogens with two attached hydrogens (primary N) is 1. The molecule has 6 heteroatoms. The molecule has 6 nitrogen and oxygen atoms in total. The highest BCUT2D eigenvalue weighted by atomic mass is 16.3. The molecule has 0 radical (unpaired) electrons. The van der Waals surface area contributed by atoms with Crippen molar-refractivity contribution in [3.63, 3.8) is 0 Å². The van der Waals surface area contributed by atoms with E-state index in [0.717, 1.165) is 37.5 Å². The maximum atomic E-state index is 12.9. The minimum atomic E-state index is -0.356. The van der Waals surface area contributed by atoms with Gasteiger partial charge in [-0.05, 0) is 62.0 Å². The zero-order valence-electron chi connectivity index (χ0n) is 15.0. The van der Waals surface area contributed by atoms with Crippen molar-refractivity contribution in [2.75, 3.05) is 0 Å². The second-order valence-electron chi connectivity index (χ2n) is 8.66. The number of amides is 2. The van der Waals surface area contributed by atoms with E-state index in [0.29, 0.717) is 29.0 Å². The predicted molar refractivity (Wildman–Crippen MR) is 99.8 cm³/mol. The van der Waals surface area contributed by atoms with Gasteiger partial charge in [0.1, 0.15) is 17.0 Å². The number of phenols is 1. The Kier molecular flexibility index (Phi) is 3.48. The normalized spacial score (nSPS) is 33.9. The van der Waals surface area contributed by atoms with Gasteiger partial charge in [0.2, 0.25) is 5.91 Å². The summed E-state index contributed by atoms with van der Waals surface area (Å²) in [6, 6.07) is 8.74. The molecule has 2 atom stereocenters. The maximum Gasteiger partial charge on any atom is 0.270 e. The minimum Gasteiger partial charge on any atom is -0.506 e. The molecule has 4 saturated carbocycles. The highest BCUT2D eigenvalue weighted by molar-refractivity contribution is 5.96. The minimum absolute atomic E-state index is 0.0696. The van der Waals surface area contributed by atoms with E-state index < -0.39 is 0 Å². The number of carbonyl (C=O) groups is 2. The van der Waals surface area contributed by atoms with Crippen molar-refractivity contribution in [1.82, 2.24) is 10.3 Å². The molecule has 4 fully saturated rings. The van der Waals surface area contributed by atoms with Crippen molar-refractivity contribution in [3.05, 3.63) is 36.0 Å². The highest BCUT2D eigenvalue weighted by Crippen LogP contribution is 2.59. The molecule has 2 unspecified atom stereocenters. The van der Waals surface area contributed by atoms with E-state index >= 15 is 0 Å². The first-order chi connectivity index (χ1) is 12.9. The fraction of sp³-hybridized carbons (Fsp3) is 0.476. The Morgan fingerprint density at radius 3 is 2.56 bits per heavy atom. The smallest absolute Gasteiger partial charge is 0.270 e. The van der Waals surface area contributed by atoms with Gasteiger partial charge in [0.15, 0.2) is 0 Å². The summed E-state index contributed by atoms with van der Waals surface area (Å²) < 4.78 is 0. The van der Waals surface area contributed by atoms with Crippen molar-refractivity contribution in [1.29, 1.82) is 0 Å². The number of rotatable bonds is 3. The Morgan fingerprint density at radius 2 is 1.85 bits per heavy atom. The molecular weight excluding hydrogens is 342 g/mol. The average molecular weight is 365 g/mol. The molecule has 4 aliphatic carbocycles. The Morgan fingerprint density at radius 1 is 1.11 bits per heavy atom. The average Bonchev–Trinajstić information content (AvgIpc) is 2.64. The fourth-order valence-corrected chi connectivity index (χ4v) is 6.04. The molecule has 2 amide bonds. The summed E-state index contributed by atoms with van der Waals surface area (Å²) in [5, 5.41) is 14.0. The number of primary amides is 1. The summed E-state index contributed by atoms with van der Waals surface area (Å²) in [7, 11) is 0. The Hall–Kier alpha value is -2.63. The van der Waals surface area contributed by atoms with Crippen LogP contribution in [0.3, 0.4) is 0 Å². The van der Waals surface area contributed by atoms with Gasteiger partial charge in [-0.15, -0.1) is 0 Å². The monoisotopic (exact) mass is 365 g/mol. The van der Waals surface area contributed by atoms with E-state index in [9.17, 15) is 14.7 Å². The van der Waals surface area contributed by atoms with Gasteiger partial charge < -0.3 is 16.2 Å². The zero-order valence-corrected chi connectivity index (χ0v) is 15.0. The van der Waals surface area contributed by atoms with E-state index in [1.54, 1.807) is 24.3 Å². The molecule has 140 valence electrons. The first kappa shape index (κ1) is 16.5. The third kappa shape index (κ3) is 2.50. The van der Waals surface area contributed by atoms with Gasteiger partial charge in [-0.3, -0.25) is 9.59 Å². The topological polar surface area (TPSA) is 105 Å². The number of carbonyl (C=O) groups excluding carboxylic acids is 2. The van der Waals surface area contributed by atoms with E-state index in [1.165, 1.54) is 0 Å². The third-order valence-corrected chi connectivity index (χ3v) is 7.03. The number of aromatic nitrogens is 1. The van der Waals surface area contributed by atoms with Crippen LogP contribution in [0.1, 0.15) is 42.6 Å². The predicted octanol–water partition coefficient (Wildman–Crippen LogP) is 2.35. The van der Waals surface area contributed by atoms with Crippen LogP contribution in [0.5, 0.6) is 5.75 Å². The number of nitrogens with zero attached hydrogens (tertiary/aromatic N) is 1. The van der Waals surface area contributed by atoms with Crippen LogP contribution in [-0.4, -0.2) is 27.9 Å². The molecule has 0 saturated heterocycles. The van der Waals surface area contributed by atoms with Crippen LogP contribution in [0.25, 0.3) is 10.9 Å². The lowest BCUT2D eigenvalue weighted by molar-refractivity contribution is -0.145. The first-order valence-electron chi connectivity index (χ1n) is 9.65. The molecule has 2 aromatic rings. The molecule has 4 aliphatic rings. The second kappa shape index (κ2) is 5.68. The number of pyridine rings is 1. The molecule has 4 N–H and O–H groups in total.